The largest absolute Gasteiger partial charge is 0.371 e. The first-order valence-corrected chi connectivity index (χ1v) is 9.76. The standard InChI is InChI=1S/C17H15N7OP/c1-5-13-17(21-12-1)24(23-22-13)25-26(14-6-2-9-18-14,15-7-3-10-19-15)16-8-4-11-20-16/h1-12,18-20H/q+1. The molecule has 0 spiro atoms. The topological polar surface area (TPSA) is 100 Å². The van der Waals surface area contributed by atoms with E-state index in [4.69, 9.17) is 4.62 Å². The Morgan fingerprint density at radius 1 is 0.808 bits per heavy atom. The van der Waals surface area contributed by atoms with Crippen LogP contribution < -0.4 is 20.9 Å². The fourth-order valence-corrected chi connectivity index (χ4v) is 6.03. The van der Waals surface area contributed by atoms with Gasteiger partial charge in [-0.2, -0.15) is 0 Å². The molecule has 5 heterocycles. The number of nitrogens with one attached hydrogen (secondary N) is 3. The zero-order valence-electron chi connectivity index (χ0n) is 13.6. The Morgan fingerprint density at radius 2 is 1.42 bits per heavy atom. The van der Waals surface area contributed by atoms with Gasteiger partial charge in [-0.25, -0.2) is 9.61 Å². The van der Waals surface area contributed by atoms with E-state index in [-0.39, 0.29) is 0 Å². The van der Waals surface area contributed by atoms with Crippen LogP contribution in [0.15, 0.2) is 73.3 Å². The van der Waals surface area contributed by atoms with Crippen molar-refractivity contribution < 1.29 is 4.62 Å². The van der Waals surface area contributed by atoms with Crippen molar-refractivity contribution in [3.05, 3.63) is 73.3 Å². The Hall–Kier alpha value is -3.38. The van der Waals surface area contributed by atoms with Crippen LogP contribution in [0, 0.1) is 0 Å². The van der Waals surface area contributed by atoms with Crippen LogP contribution in [0.5, 0.6) is 0 Å². The molecule has 0 aliphatic heterocycles. The molecule has 0 fully saturated rings. The summed E-state index contributed by atoms with van der Waals surface area (Å²) in [5.74, 6) is 0. The summed E-state index contributed by atoms with van der Waals surface area (Å²) in [6.07, 6.45) is 7.36. The van der Waals surface area contributed by atoms with E-state index in [2.05, 4.69) is 30.2 Å². The predicted octanol–water partition coefficient (Wildman–Crippen LogP) is 1.15. The zero-order valence-corrected chi connectivity index (χ0v) is 14.5. The number of pyridine rings is 1. The van der Waals surface area contributed by atoms with Crippen molar-refractivity contribution in [3.63, 3.8) is 0 Å². The summed E-state index contributed by atoms with van der Waals surface area (Å²) < 4.78 is 6.59. The van der Waals surface area contributed by atoms with Crippen molar-refractivity contribution in [2.75, 3.05) is 0 Å². The smallest absolute Gasteiger partial charge is 0.330 e. The number of H-pyrrole nitrogens is 3. The molecular weight excluding hydrogens is 349 g/mol. The maximum Gasteiger partial charge on any atom is 0.371 e. The van der Waals surface area contributed by atoms with Crippen LogP contribution in [-0.4, -0.2) is 35.1 Å². The normalized spacial score (nSPS) is 11.8. The Morgan fingerprint density at radius 3 is 1.96 bits per heavy atom. The van der Waals surface area contributed by atoms with Gasteiger partial charge in [-0.15, -0.1) is 5.10 Å². The summed E-state index contributed by atoms with van der Waals surface area (Å²) in [5.41, 5.74) is 4.09. The number of rotatable bonds is 5. The molecule has 0 aromatic carbocycles. The highest BCUT2D eigenvalue weighted by atomic mass is 31.2. The van der Waals surface area contributed by atoms with Crippen LogP contribution in [0.1, 0.15) is 0 Å². The number of aromatic nitrogens is 7. The maximum atomic E-state index is 6.59. The highest BCUT2D eigenvalue weighted by Gasteiger charge is 2.55. The third kappa shape index (κ3) is 2.16. The van der Waals surface area contributed by atoms with Crippen LogP contribution in [-0.2, 0) is 0 Å². The van der Waals surface area contributed by atoms with Crippen LogP contribution in [0.4, 0.5) is 0 Å². The number of nitrogens with zero attached hydrogens (tertiary/aromatic N) is 4. The minimum absolute atomic E-state index is 0.571. The lowest BCUT2D eigenvalue weighted by atomic mass is 10.4. The fraction of sp³-hybridized carbons (Fsp3) is 0. The molecule has 5 aromatic heterocycles. The molecule has 128 valence electrons. The summed E-state index contributed by atoms with van der Waals surface area (Å²) >= 11 is 0. The first-order valence-electron chi connectivity index (χ1n) is 8.05. The molecular formula is C17H15N7OP+. The third-order valence-corrected chi connectivity index (χ3v) is 7.41. The maximum absolute atomic E-state index is 6.59. The van der Waals surface area contributed by atoms with Crippen LogP contribution in [0.25, 0.3) is 11.2 Å². The molecule has 0 unspecified atom stereocenters. The molecule has 3 N–H and O–H groups in total. The van der Waals surface area contributed by atoms with Gasteiger partial charge in [0.2, 0.25) is 22.0 Å². The van der Waals surface area contributed by atoms with Crippen LogP contribution >= 0.6 is 7.49 Å². The molecule has 8 nitrogen and oxygen atoms in total. The van der Waals surface area contributed by atoms with E-state index in [0.29, 0.717) is 11.2 Å². The van der Waals surface area contributed by atoms with Crippen LogP contribution in [0.3, 0.4) is 0 Å². The van der Waals surface area contributed by atoms with Gasteiger partial charge in [-0.1, -0.05) is 0 Å². The highest BCUT2D eigenvalue weighted by Crippen LogP contribution is 2.51. The van der Waals surface area contributed by atoms with Gasteiger partial charge in [0.25, 0.3) is 0 Å². The van der Waals surface area contributed by atoms with Gasteiger partial charge in [0.05, 0.1) is 0 Å². The molecule has 0 aliphatic rings. The number of fused-ring (bicyclic) bond motifs is 1. The van der Waals surface area contributed by atoms with Crippen molar-refractivity contribution in [3.8, 4) is 0 Å². The highest BCUT2D eigenvalue weighted by molar-refractivity contribution is 7.91. The lowest BCUT2D eigenvalue weighted by molar-refractivity contribution is 0.263. The molecule has 5 rings (SSSR count). The minimum Gasteiger partial charge on any atom is -0.330 e. The van der Waals surface area contributed by atoms with E-state index in [1.165, 1.54) is 4.85 Å². The van der Waals surface area contributed by atoms with Gasteiger partial charge in [-0.3, -0.25) is 0 Å². The Labute approximate surface area is 148 Å². The number of hydrogen-bond donors (Lipinski definition) is 3. The van der Waals surface area contributed by atoms with Gasteiger partial charge in [0, 0.05) is 43.0 Å². The molecule has 26 heavy (non-hydrogen) atoms. The van der Waals surface area contributed by atoms with Gasteiger partial charge < -0.3 is 15.0 Å². The van der Waals surface area contributed by atoms with E-state index >= 15 is 0 Å². The first-order chi connectivity index (χ1) is 12.9. The number of hydrogen-bond acceptors (Lipinski definition) is 4. The molecule has 0 atom stereocenters. The molecule has 0 saturated carbocycles. The average Bonchev–Trinajstić information content (AvgIpc) is 3.49. The Balaban J connectivity index is 1.76. The van der Waals surface area contributed by atoms with E-state index in [1.807, 2.05) is 67.1 Å². The molecule has 0 saturated heterocycles. The average molecular weight is 364 g/mol. The molecule has 0 radical (unpaired) electrons. The molecule has 9 heteroatoms. The van der Waals surface area contributed by atoms with E-state index < -0.39 is 7.49 Å². The van der Waals surface area contributed by atoms with Gasteiger partial charge in [-0.05, 0) is 40.4 Å². The second kappa shape index (κ2) is 5.86. The first kappa shape index (κ1) is 14.9. The van der Waals surface area contributed by atoms with E-state index in [9.17, 15) is 0 Å². The summed E-state index contributed by atoms with van der Waals surface area (Å²) in [4.78, 5) is 15.7. The van der Waals surface area contributed by atoms with Gasteiger partial charge in [0.1, 0.15) is 5.52 Å². The van der Waals surface area contributed by atoms with Gasteiger partial charge >= 0.3 is 7.49 Å². The summed E-state index contributed by atoms with van der Waals surface area (Å²) in [5, 5.41) is 8.34. The van der Waals surface area contributed by atoms with Crippen molar-refractivity contribution in [1.82, 2.24) is 35.1 Å². The summed E-state index contributed by atoms with van der Waals surface area (Å²) in [7, 11) is -2.55. The lowest BCUT2D eigenvalue weighted by Gasteiger charge is -2.20. The van der Waals surface area contributed by atoms with Crippen molar-refractivity contribution in [2.45, 2.75) is 0 Å². The summed E-state index contributed by atoms with van der Waals surface area (Å²) in [6.45, 7) is 0. The van der Waals surface area contributed by atoms with Gasteiger partial charge in [0.15, 0.2) is 0 Å². The molecule has 5 aromatic rings. The fourth-order valence-electron chi connectivity index (χ4n) is 2.99. The third-order valence-electron chi connectivity index (χ3n) is 4.14. The predicted molar refractivity (Wildman–Crippen MR) is 100 cm³/mol. The van der Waals surface area contributed by atoms with Crippen LogP contribution in [0.2, 0.25) is 0 Å². The number of aromatic amines is 3. The molecule has 0 bridgehead atoms. The van der Waals surface area contributed by atoms with Crippen molar-refractivity contribution in [2.24, 2.45) is 0 Å². The van der Waals surface area contributed by atoms with Crippen molar-refractivity contribution >= 4 is 35.0 Å². The SMILES string of the molecule is c1c[nH]c([P+](On2nnc3cccnc32)(c2ccc[nH]2)c2ccc[nH]2)c1. The molecule has 0 aliphatic carbocycles. The lowest BCUT2D eigenvalue weighted by Crippen LogP contribution is -2.40. The minimum atomic E-state index is -2.55. The second-order valence-electron chi connectivity index (χ2n) is 5.67. The summed E-state index contributed by atoms with van der Waals surface area (Å²) in [6, 6.07) is 15.6. The zero-order chi connectivity index (χ0) is 17.4. The van der Waals surface area contributed by atoms with E-state index in [0.717, 1.165) is 16.3 Å². The second-order valence-corrected chi connectivity index (χ2v) is 8.49. The Kier molecular flexibility index (Phi) is 3.36. The van der Waals surface area contributed by atoms with E-state index in [1.54, 1.807) is 6.20 Å². The quantitative estimate of drug-likeness (QED) is 0.407. The van der Waals surface area contributed by atoms with Crippen molar-refractivity contribution in [1.29, 1.82) is 0 Å². The monoisotopic (exact) mass is 364 g/mol. The Bertz CT molecular complexity index is 1030. The molecule has 0 amide bonds.